The third-order valence-electron chi connectivity index (χ3n) is 0.968. The number of hydrogen-bond acceptors (Lipinski definition) is 5. The molecule has 84 valence electrons. The van der Waals surface area contributed by atoms with Crippen LogP contribution < -0.4 is 73.7 Å². The van der Waals surface area contributed by atoms with Crippen LogP contribution in [0.25, 0.3) is 0 Å². The van der Waals surface area contributed by atoms with Gasteiger partial charge in [0.15, 0.2) is 0 Å². The smallest absolute Gasteiger partial charge is 0.871 e. The molecule has 0 radical (unpaired) electrons. The molecule has 1 aromatic carbocycles. The molecule has 11 heteroatoms. The second-order valence-electron chi connectivity index (χ2n) is 2.20. The van der Waals surface area contributed by atoms with E-state index in [9.17, 15) is 4.57 Å². The standard InChI is InChI=1S/C6H7O4P.BHO3.2Na/c7-11(8,9)10-6-4-2-1-3-5-6;2-1(3)4;;/h1-5H,(H2,7,8,9);2H;;/q;-2;2*+1. The Balaban J connectivity index is -0.000000289. The summed E-state index contributed by atoms with van der Waals surface area (Å²) in [4.78, 5) is 16.7. The predicted molar refractivity (Wildman–Crippen MR) is 47.1 cm³/mol. The molecule has 0 saturated carbocycles. The molecule has 0 bridgehead atoms. The van der Waals surface area contributed by atoms with E-state index >= 15 is 0 Å². The van der Waals surface area contributed by atoms with Crippen LogP contribution in [-0.2, 0) is 4.57 Å². The topological polar surface area (TPSA) is 133 Å². The van der Waals surface area contributed by atoms with Gasteiger partial charge in [-0.15, -0.1) is 0 Å². The van der Waals surface area contributed by atoms with Crippen LogP contribution in [0.1, 0.15) is 0 Å². The quantitative estimate of drug-likeness (QED) is 0.362. The first kappa shape index (κ1) is 23.2. The maximum Gasteiger partial charge on any atom is 1.00 e. The summed E-state index contributed by atoms with van der Waals surface area (Å²) in [6.45, 7) is 0. The number of phosphoric acid groups is 1. The molecule has 0 heterocycles. The molecule has 1 aromatic rings. The molecule has 3 N–H and O–H groups in total. The van der Waals surface area contributed by atoms with E-state index in [0.717, 1.165) is 0 Å². The van der Waals surface area contributed by atoms with Crippen LogP contribution in [0.4, 0.5) is 0 Å². The molecule has 0 spiro atoms. The van der Waals surface area contributed by atoms with E-state index in [2.05, 4.69) is 4.52 Å². The molecular formula is C6H8BNa2O7P. The van der Waals surface area contributed by atoms with Gasteiger partial charge < -0.3 is 19.6 Å². The van der Waals surface area contributed by atoms with Crippen molar-refractivity contribution in [3.63, 3.8) is 0 Å². The van der Waals surface area contributed by atoms with Crippen LogP contribution >= 0.6 is 7.82 Å². The molecule has 17 heavy (non-hydrogen) atoms. The Labute approximate surface area is 143 Å². The van der Waals surface area contributed by atoms with Crippen LogP contribution in [0.2, 0.25) is 0 Å². The Morgan fingerprint density at radius 3 is 1.76 bits per heavy atom. The molecule has 0 saturated heterocycles. The summed E-state index contributed by atoms with van der Waals surface area (Å²) in [5, 5.41) is 24.0. The Hall–Kier alpha value is 1.11. The van der Waals surface area contributed by atoms with E-state index in [1.54, 1.807) is 18.2 Å². The van der Waals surface area contributed by atoms with Gasteiger partial charge in [0, 0.05) is 0 Å². The maximum atomic E-state index is 10.3. The molecule has 0 aliphatic carbocycles. The maximum absolute atomic E-state index is 10.3. The molecule has 0 aromatic heterocycles. The third kappa shape index (κ3) is 19.6. The van der Waals surface area contributed by atoms with E-state index in [1.165, 1.54) is 12.1 Å². The van der Waals surface area contributed by atoms with Crippen LogP contribution in [0.15, 0.2) is 30.3 Å². The van der Waals surface area contributed by atoms with Gasteiger partial charge in [-0.1, -0.05) is 18.2 Å². The number of rotatable bonds is 2. The summed E-state index contributed by atoms with van der Waals surface area (Å²) >= 11 is 0. The first-order valence-electron chi connectivity index (χ1n) is 3.61. The minimum atomic E-state index is -4.39. The fraction of sp³-hybridized carbons (Fsp3) is 0. The zero-order valence-electron chi connectivity index (χ0n) is 9.39. The Morgan fingerprint density at radius 2 is 1.47 bits per heavy atom. The molecule has 0 fully saturated rings. The molecule has 1 rings (SSSR count). The summed E-state index contributed by atoms with van der Waals surface area (Å²) < 4.78 is 14.5. The Morgan fingerprint density at radius 1 is 1.12 bits per heavy atom. The van der Waals surface area contributed by atoms with Crippen molar-refractivity contribution in [3.05, 3.63) is 30.3 Å². The summed E-state index contributed by atoms with van der Waals surface area (Å²) in [5.41, 5.74) is 0. The average molecular weight is 280 g/mol. The van der Waals surface area contributed by atoms with E-state index in [-0.39, 0.29) is 64.9 Å². The van der Waals surface area contributed by atoms with E-state index in [4.69, 9.17) is 24.9 Å². The van der Waals surface area contributed by atoms with Gasteiger partial charge in [0.05, 0.1) is 7.32 Å². The minimum Gasteiger partial charge on any atom is -0.871 e. The molecule has 0 amide bonds. The second kappa shape index (κ2) is 12.2. The Kier molecular flexibility index (Phi) is 16.6. The average Bonchev–Trinajstić information content (AvgIpc) is 2.01. The number of benzene rings is 1. The number of phosphoric ester groups is 1. The first-order chi connectivity index (χ1) is 6.81. The van der Waals surface area contributed by atoms with Gasteiger partial charge in [-0.25, -0.2) is 4.57 Å². The van der Waals surface area contributed by atoms with Crippen LogP contribution in [0, 0.1) is 0 Å². The molecule has 0 aliphatic heterocycles. The van der Waals surface area contributed by atoms with Gasteiger partial charge in [-0.05, 0) is 12.1 Å². The Bertz CT molecular complexity index is 317. The monoisotopic (exact) mass is 280 g/mol. The molecule has 0 atom stereocenters. The molecule has 0 aliphatic rings. The normalized spacial score (nSPS) is 8.76. The molecule has 0 unspecified atom stereocenters. The van der Waals surface area contributed by atoms with E-state index in [0.29, 0.717) is 0 Å². The van der Waals surface area contributed by atoms with Crippen LogP contribution in [-0.4, -0.2) is 22.1 Å². The predicted octanol–water partition coefficient (Wildman–Crippen LogP) is -8.15. The van der Waals surface area contributed by atoms with Crippen molar-refractivity contribution in [1.29, 1.82) is 0 Å². The zero-order valence-corrected chi connectivity index (χ0v) is 14.3. The first-order valence-corrected chi connectivity index (χ1v) is 5.14. The van der Waals surface area contributed by atoms with Crippen molar-refractivity contribution in [1.82, 2.24) is 0 Å². The van der Waals surface area contributed by atoms with Crippen molar-refractivity contribution in [2.24, 2.45) is 0 Å². The van der Waals surface area contributed by atoms with E-state index < -0.39 is 15.1 Å². The van der Waals surface area contributed by atoms with Gasteiger partial charge >= 0.3 is 66.9 Å². The van der Waals surface area contributed by atoms with Gasteiger partial charge in [0.1, 0.15) is 5.75 Å². The van der Waals surface area contributed by atoms with Crippen molar-refractivity contribution in [3.8, 4) is 5.75 Å². The van der Waals surface area contributed by atoms with Crippen molar-refractivity contribution in [2.75, 3.05) is 0 Å². The summed E-state index contributed by atoms with van der Waals surface area (Å²) in [6.07, 6.45) is 0. The van der Waals surface area contributed by atoms with Gasteiger partial charge in [0.2, 0.25) is 0 Å². The van der Waals surface area contributed by atoms with Crippen molar-refractivity contribution >= 4 is 15.1 Å². The van der Waals surface area contributed by atoms with Crippen LogP contribution in [0.3, 0.4) is 0 Å². The fourth-order valence-electron chi connectivity index (χ4n) is 0.619. The van der Waals surface area contributed by atoms with Crippen LogP contribution in [0.5, 0.6) is 5.75 Å². The molecular weight excluding hydrogens is 272 g/mol. The number of hydrogen-bond donors (Lipinski definition) is 3. The second-order valence-corrected chi connectivity index (χ2v) is 3.37. The van der Waals surface area contributed by atoms with Gasteiger partial charge in [0.25, 0.3) is 0 Å². The summed E-state index contributed by atoms with van der Waals surface area (Å²) in [7, 11) is -7.05. The minimum absolute atomic E-state index is 0. The van der Waals surface area contributed by atoms with E-state index in [1.807, 2.05) is 0 Å². The SMILES string of the molecule is O=P(O)(O)Oc1ccccc1.[Na+].[Na+].[O-]B([O-])O. The fourth-order valence-corrected chi connectivity index (χ4v) is 1.02. The third-order valence-corrected chi connectivity index (χ3v) is 1.42. The number of para-hydroxylation sites is 1. The van der Waals surface area contributed by atoms with Crippen molar-refractivity contribution < 1.29 is 93.1 Å². The largest absolute Gasteiger partial charge is 1.00 e. The zero-order chi connectivity index (χ0) is 11.9. The summed E-state index contributed by atoms with van der Waals surface area (Å²) in [6, 6.07) is 7.93. The van der Waals surface area contributed by atoms with Gasteiger partial charge in [-0.3, -0.25) is 9.79 Å². The molecule has 7 nitrogen and oxygen atoms in total. The van der Waals surface area contributed by atoms with Gasteiger partial charge in [-0.2, -0.15) is 0 Å². The summed E-state index contributed by atoms with van der Waals surface area (Å²) in [5.74, 6) is 0.167. The van der Waals surface area contributed by atoms with Crippen molar-refractivity contribution in [2.45, 2.75) is 0 Å².